The molecule has 1 aliphatic heterocycles. The van der Waals surface area contributed by atoms with Gasteiger partial charge in [-0.05, 0) is 31.7 Å². The first-order valence-corrected chi connectivity index (χ1v) is 12.6. The summed E-state index contributed by atoms with van der Waals surface area (Å²) in [6.45, 7) is 12.3. The van der Waals surface area contributed by atoms with Crippen molar-refractivity contribution in [2.45, 2.75) is 65.5 Å². The zero-order valence-electron chi connectivity index (χ0n) is 21.0. The first kappa shape index (κ1) is 26.1. The second-order valence-corrected chi connectivity index (χ2v) is 10.5. The molecule has 0 unspecified atom stereocenters. The van der Waals surface area contributed by atoms with Crippen LogP contribution in [0.3, 0.4) is 0 Å². The van der Waals surface area contributed by atoms with E-state index in [0.29, 0.717) is 40.5 Å². The van der Waals surface area contributed by atoms with Gasteiger partial charge in [-0.25, -0.2) is 29.1 Å². The number of hydrogen-bond donors (Lipinski definition) is 1. The Morgan fingerprint density at radius 3 is 2.19 bits per heavy atom. The van der Waals surface area contributed by atoms with Crippen LogP contribution in [0.5, 0.6) is 0 Å². The highest BCUT2D eigenvalue weighted by molar-refractivity contribution is 6.41. The number of piperazine rings is 1. The van der Waals surface area contributed by atoms with Gasteiger partial charge < -0.3 is 14.9 Å². The topological polar surface area (TPSA) is 117 Å². The Kier molecular flexibility index (Phi) is 7.12. The van der Waals surface area contributed by atoms with Gasteiger partial charge in [0.25, 0.3) is 0 Å². The van der Waals surface area contributed by atoms with E-state index < -0.39 is 11.8 Å². The smallest absolute Gasteiger partial charge is 0.407 e. The number of anilines is 1. The summed E-state index contributed by atoms with van der Waals surface area (Å²) in [6.07, 6.45) is 0.524. The van der Waals surface area contributed by atoms with E-state index in [1.165, 1.54) is 15.8 Å². The van der Waals surface area contributed by atoms with Crippen molar-refractivity contribution in [2.24, 2.45) is 0 Å². The van der Waals surface area contributed by atoms with E-state index in [0.717, 1.165) is 0 Å². The van der Waals surface area contributed by atoms with Crippen molar-refractivity contribution in [3.05, 3.63) is 44.4 Å². The van der Waals surface area contributed by atoms with Crippen LogP contribution < -0.4 is 10.6 Å². The van der Waals surface area contributed by atoms with Gasteiger partial charge in [-0.2, -0.15) is 4.98 Å². The van der Waals surface area contributed by atoms with E-state index in [-0.39, 0.29) is 40.6 Å². The molecule has 10 nitrogen and oxygen atoms in total. The molecule has 0 aliphatic carbocycles. The minimum Gasteiger partial charge on any atom is -0.465 e. The lowest BCUT2D eigenvalue weighted by Crippen LogP contribution is -2.58. The largest absolute Gasteiger partial charge is 0.465 e. The van der Waals surface area contributed by atoms with Crippen LogP contribution in [0.15, 0.2) is 17.2 Å². The molecule has 36 heavy (non-hydrogen) atoms. The second-order valence-electron chi connectivity index (χ2n) is 9.77. The van der Waals surface area contributed by atoms with Gasteiger partial charge in [0, 0.05) is 25.2 Å². The minimum absolute atomic E-state index is 0.00475. The van der Waals surface area contributed by atoms with Crippen molar-refractivity contribution in [3.8, 4) is 5.69 Å². The molecule has 4 heterocycles. The molecule has 2 atom stereocenters. The molecule has 1 fully saturated rings. The van der Waals surface area contributed by atoms with Gasteiger partial charge in [0.1, 0.15) is 17.3 Å². The highest BCUT2D eigenvalue weighted by Gasteiger charge is 2.34. The van der Waals surface area contributed by atoms with Crippen LogP contribution in [0.1, 0.15) is 64.8 Å². The zero-order valence-corrected chi connectivity index (χ0v) is 22.5. The lowest BCUT2D eigenvalue weighted by atomic mass is 10.0. The second kappa shape index (κ2) is 9.82. The molecule has 1 amide bonds. The third-order valence-corrected chi connectivity index (χ3v) is 7.13. The SMILES string of the molecule is CC(C)c1ncnc(C(C)C)c1-n1c(=O)nc(N2C[C@@H](C)N(C(=O)O)C[C@@H]2C)c2cc(Cl)c(Cl)nc21. The molecule has 1 saturated heterocycles. The minimum atomic E-state index is -0.981. The Morgan fingerprint density at radius 1 is 1.03 bits per heavy atom. The Balaban J connectivity index is 2.04. The number of fused-ring (bicyclic) bond motifs is 1. The number of carboxylic acid groups (broad SMARTS) is 1. The molecule has 1 N–H and O–H groups in total. The van der Waals surface area contributed by atoms with E-state index in [1.54, 1.807) is 6.07 Å². The van der Waals surface area contributed by atoms with Gasteiger partial charge in [-0.15, -0.1) is 0 Å². The van der Waals surface area contributed by atoms with Crippen LogP contribution in [-0.4, -0.2) is 65.8 Å². The van der Waals surface area contributed by atoms with E-state index in [4.69, 9.17) is 23.2 Å². The number of carbonyl (C=O) groups is 1. The fraction of sp³-hybridized carbons (Fsp3) is 0.500. The quantitative estimate of drug-likeness (QED) is 0.479. The maximum atomic E-state index is 13.8. The first-order valence-electron chi connectivity index (χ1n) is 11.8. The number of amides is 1. The zero-order chi connectivity index (χ0) is 26.5. The summed E-state index contributed by atoms with van der Waals surface area (Å²) in [7, 11) is 0. The molecule has 0 saturated carbocycles. The van der Waals surface area contributed by atoms with E-state index in [9.17, 15) is 14.7 Å². The molecule has 0 spiro atoms. The van der Waals surface area contributed by atoms with Crippen molar-refractivity contribution in [1.82, 2.24) is 29.4 Å². The van der Waals surface area contributed by atoms with Crippen LogP contribution in [0, 0.1) is 0 Å². The summed E-state index contributed by atoms with van der Waals surface area (Å²) in [5.41, 5.74) is 1.66. The molecular weight excluding hydrogens is 505 g/mol. The van der Waals surface area contributed by atoms with E-state index in [2.05, 4.69) is 19.9 Å². The van der Waals surface area contributed by atoms with Gasteiger partial charge >= 0.3 is 11.8 Å². The molecule has 1 aliphatic rings. The molecule has 3 aromatic rings. The van der Waals surface area contributed by atoms with Crippen molar-refractivity contribution in [3.63, 3.8) is 0 Å². The highest BCUT2D eigenvalue weighted by Crippen LogP contribution is 2.35. The average Bonchev–Trinajstić information content (AvgIpc) is 2.80. The van der Waals surface area contributed by atoms with Gasteiger partial charge in [0.2, 0.25) is 0 Å². The van der Waals surface area contributed by atoms with Crippen LogP contribution in [-0.2, 0) is 0 Å². The summed E-state index contributed by atoms with van der Waals surface area (Å²) < 4.78 is 1.42. The Morgan fingerprint density at radius 2 is 1.64 bits per heavy atom. The van der Waals surface area contributed by atoms with Crippen LogP contribution in [0.4, 0.5) is 10.6 Å². The number of halogens is 2. The summed E-state index contributed by atoms with van der Waals surface area (Å²) >= 11 is 12.7. The Labute approximate surface area is 218 Å². The fourth-order valence-corrected chi connectivity index (χ4v) is 4.96. The number of hydrogen-bond acceptors (Lipinski definition) is 7. The Hall–Kier alpha value is -2.98. The third-order valence-electron chi connectivity index (χ3n) is 6.46. The van der Waals surface area contributed by atoms with Crippen LogP contribution >= 0.6 is 23.2 Å². The molecular formula is C24H29Cl2N7O3. The number of pyridine rings is 1. The number of aromatic nitrogens is 5. The van der Waals surface area contributed by atoms with Gasteiger partial charge in [-0.1, -0.05) is 50.9 Å². The predicted octanol–water partition coefficient (Wildman–Crippen LogP) is 4.70. The predicted molar refractivity (Wildman–Crippen MR) is 140 cm³/mol. The molecule has 0 bridgehead atoms. The molecule has 12 heteroatoms. The molecule has 192 valence electrons. The van der Waals surface area contributed by atoms with Gasteiger partial charge in [0.05, 0.1) is 27.5 Å². The van der Waals surface area contributed by atoms with E-state index in [1.807, 2.05) is 46.4 Å². The summed E-state index contributed by atoms with van der Waals surface area (Å²) in [4.78, 5) is 46.7. The monoisotopic (exact) mass is 533 g/mol. The molecule has 0 radical (unpaired) electrons. The van der Waals surface area contributed by atoms with Crippen molar-refractivity contribution in [1.29, 1.82) is 0 Å². The average molecular weight is 534 g/mol. The van der Waals surface area contributed by atoms with Gasteiger partial charge in [-0.3, -0.25) is 0 Å². The standard InChI is InChI=1S/C24H29Cl2N7O3/c1-11(2)17-19(18(12(3)4)28-10-27-17)33-22-15(7-16(25)20(26)29-22)21(30-23(33)34)31-8-14(6)32(24(35)36)9-13(31)5/h7,10-14H,8-9H2,1-6H3,(H,35,36)/t13-,14+/m0/s1. The van der Waals surface area contributed by atoms with Crippen molar-refractivity contribution >= 4 is 46.1 Å². The lowest BCUT2D eigenvalue weighted by molar-refractivity contribution is 0.114. The number of rotatable bonds is 4. The summed E-state index contributed by atoms with van der Waals surface area (Å²) in [6, 6.07) is 1.10. The maximum Gasteiger partial charge on any atom is 0.407 e. The number of nitrogens with zero attached hydrogens (tertiary/aromatic N) is 7. The molecule has 0 aromatic carbocycles. The lowest BCUT2D eigenvalue weighted by Gasteiger charge is -2.43. The van der Waals surface area contributed by atoms with Crippen LogP contribution in [0.25, 0.3) is 16.7 Å². The summed E-state index contributed by atoms with van der Waals surface area (Å²) in [5.74, 6) is 0.375. The third kappa shape index (κ3) is 4.48. The van der Waals surface area contributed by atoms with Crippen molar-refractivity contribution < 1.29 is 9.90 Å². The molecule has 4 rings (SSSR count). The Bertz CT molecular complexity index is 1370. The van der Waals surface area contributed by atoms with E-state index >= 15 is 0 Å². The highest BCUT2D eigenvalue weighted by atomic mass is 35.5. The maximum absolute atomic E-state index is 13.8. The molecule has 3 aromatic heterocycles. The normalized spacial score (nSPS) is 18.5. The first-order chi connectivity index (χ1) is 16.9. The van der Waals surface area contributed by atoms with Crippen LogP contribution in [0.2, 0.25) is 10.2 Å². The fourth-order valence-electron chi connectivity index (χ4n) is 4.67. The summed E-state index contributed by atoms with van der Waals surface area (Å²) in [5, 5.41) is 10.4. The van der Waals surface area contributed by atoms with Gasteiger partial charge in [0.15, 0.2) is 5.65 Å². The van der Waals surface area contributed by atoms with Crippen molar-refractivity contribution in [2.75, 3.05) is 18.0 Å².